The molecule has 0 aliphatic carbocycles. The third-order valence-corrected chi connectivity index (χ3v) is 13.3. The van der Waals surface area contributed by atoms with Gasteiger partial charge in [0.25, 0.3) is 11.1 Å². The standard InChI is InChI=1S/C23H15N7O2S.C22H15ClN6O2S/c1-28-20-15(12-27-28)11-26-13-18(20)30-22(31)21-17(29(23(30)32)8-4-7-24)9-19(33-21)16-6-3-2-5-14(16)10-25;1-27-19-13(11-26-27)10-25-12-17(19)29-21(30)20-16(28(22(29)31)8-4-7-24)9-18(32-20)14-5-2-3-6-15(14)23/h2-3,5-6,9,11-13H,4,8H2,1H3;2-3,5-6,9-12H,4,8H2,1H3. The van der Waals surface area contributed by atoms with Crippen LogP contribution in [0.15, 0.2) is 117 Å². The molecule has 8 aromatic heterocycles. The largest absolute Gasteiger partial charge is 0.336 e. The molecule has 0 saturated carbocycles. The minimum absolute atomic E-state index is 0.0985. The summed E-state index contributed by atoms with van der Waals surface area (Å²) < 4.78 is 9.05. The number of rotatable bonds is 8. The molecular formula is C45H30ClN13O4S2. The summed E-state index contributed by atoms with van der Waals surface area (Å²) in [4.78, 5) is 64.2. The van der Waals surface area contributed by atoms with Crippen LogP contribution in [0.25, 0.3) is 74.5 Å². The SMILES string of the molecule is Cn1ncc2cncc(-n3c(=O)c4sc(-c5ccccc5C#N)cc4n(CCC#N)c3=O)c21.Cn1ncc2cncc(-n3c(=O)c4sc(-c5ccccc5Cl)cc4n(CCC#N)c3=O)c21. The van der Waals surface area contributed by atoms with E-state index in [2.05, 4.69) is 38.4 Å². The Labute approximate surface area is 379 Å². The lowest BCUT2D eigenvalue weighted by molar-refractivity contribution is 0.662. The fraction of sp³-hybridized carbons (Fsp3) is 0.133. The first-order valence-corrected chi connectivity index (χ1v) is 21.7. The molecule has 0 radical (unpaired) electrons. The van der Waals surface area contributed by atoms with Gasteiger partial charge in [0.2, 0.25) is 0 Å². The van der Waals surface area contributed by atoms with Crippen molar-refractivity contribution in [3.8, 4) is 50.5 Å². The molecular weight excluding hydrogens is 886 g/mol. The first kappa shape index (κ1) is 42.0. The monoisotopic (exact) mass is 915 g/mol. The van der Waals surface area contributed by atoms with E-state index in [-0.39, 0.29) is 25.9 Å². The molecule has 0 amide bonds. The molecule has 0 aliphatic rings. The van der Waals surface area contributed by atoms with Gasteiger partial charge in [0.15, 0.2) is 0 Å². The first-order valence-electron chi connectivity index (χ1n) is 19.7. The molecule has 0 saturated heterocycles. The number of benzene rings is 2. The number of halogens is 1. The smallest absolute Gasteiger partial charge is 0.291 e. The van der Waals surface area contributed by atoms with Gasteiger partial charge in [-0.3, -0.25) is 38.1 Å². The van der Waals surface area contributed by atoms with E-state index in [4.69, 9.17) is 22.1 Å². The molecule has 0 aliphatic heterocycles. The molecule has 17 nitrogen and oxygen atoms in total. The number of aryl methyl sites for hydroxylation is 4. The molecule has 318 valence electrons. The number of fused-ring (bicyclic) bond motifs is 4. The highest BCUT2D eigenvalue weighted by Gasteiger charge is 2.23. The molecule has 0 N–H and O–H groups in total. The van der Waals surface area contributed by atoms with Crippen molar-refractivity contribution in [3.05, 3.63) is 150 Å². The van der Waals surface area contributed by atoms with Crippen LogP contribution in [0.5, 0.6) is 0 Å². The van der Waals surface area contributed by atoms with Crippen molar-refractivity contribution in [1.29, 1.82) is 15.8 Å². The van der Waals surface area contributed by atoms with Crippen LogP contribution in [0.4, 0.5) is 0 Å². The molecule has 20 heteroatoms. The lowest BCUT2D eigenvalue weighted by Crippen LogP contribution is -2.38. The van der Waals surface area contributed by atoms with Crippen LogP contribution in [-0.4, -0.2) is 47.8 Å². The highest BCUT2D eigenvalue weighted by Crippen LogP contribution is 2.36. The van der Waals surface area contributed by atoms with Crippen molar-refractivity contribution in [2.45, 2.75) is 25.9 Å². The molecule has 10 aromatic rings. The highest BCUT2D eigenvalue weighted by atomic mass is 35.5. The second-order valence-corrected chi connectivity index (χ2v) is 17.0. The Hall–Kier alpha value is -8.28. The van der Waals surface area contributed by atoms with Crippen LogP contribution in [0.2, 0.25) is 5.02 Å². The highest BCUT2D eigenvalue weighted by molar-refractivity contribution is 7.22. The van der Waals surface area contributed by atoms with Gasteiger partial charge in [-0.15, -0.1) is 22.7 Å². The maximum absolute atomic E-state index is 13.6. The maximum atomic E-state index is 13.6. The van der Waals surface area contributed by atoms with Gasteiger partial charge in [-0.25, -0.2) is 18.7 Å². The number of nitrogens with zero attached hydrogens (tertiary/aromatic N) is 13. The Morgan fingerprint density at radius 3 is 1.55 bits per heavy atom. The third kappa shape index (κ3) is 7.17. The zero-order valence-electron chi connectivity index (χ0n) is 34.2. The fourth-order valence-electron chi connectivity index (χ4n) is 7.75. The number of pyridine rings is 2. The summed E-state index contributed by atoms with van der Waals surface area (Å²) in [5, 5.41) is 38.2. The van der Waals surface area contributed by atoms with Crippen molar-refractivity contribution in [3.63, 3.8) is 0 Å². The molecule has 0 fully saturated rings. The predicted octanol–water partition coefficient (Wildman–Crippen LogP) is 6.68. The first-order chi connectivity index (χ1) is 31.6. The number of nitriles is 3. The molecule has 8 heterocycles. The number of hydrogen-bond acceptors (Lipinski definition) is 13. The summed E-state index contributed by atoms with van der Waals surface area (Å²) in [6.07, 6.45) is 9.66. The van der Waals surface area contributed by atoms with Crippen molar-refractivity contribution < 1.29 is 0 Å². The summed E-state index contributed by atoms with van der Waals surface area (Å²) in [5.74, 6) is 0. The van der Waals surface area contributed by atoms with Crippen LogP contribution in [-0.2, 0) is 27.2 Å². The molecule has 65 heavy (non-hydrogen) atoms. The summed E-state index contributed by atoms with van der Waals surface area (Å²) in [7, 11) is 3.47. The molecule has 0 spiro atoms. The topological polar surface area (TPSA) is 221 Å². The van der Waals surface area contributed by atoms with E-state index < -0.39 is 22.5 Å². The van der Waals surface area contributed by atoms with E-state index in [9.17, 15) is 24.4 Å². The van der Waals surface area contributed by atoms with Gasteiger partial charge in [-0.1, -0.05) is 48.0 Å². The van der Waals surface area contributed by atoms with E-state index in [1.165, 1.54) is 44.2 Å². The van der Waals surface area contributed by atoms with Gasteiger partial charge in [0, 0.05) is 76.3 Å². The second-order valence-electron chi connectivity index (χ2n) is 14.5. The minimum atomic E-state index is -0.559. The number of hydrogen-bond donors (Lipinski definition) is 0. The Morgan fingerprint density at radius 1 is 0.615 bits per heavy atom. The number of thiophene rings is 2. The van der Waals surface area contributed by atoms with Gasteiger partial charge in [-0.2, -0.15) is 26.0 Å². The Kier molecular flexibility index (Phi) is 11.1. The van der Waals surface area contributed by atoms with Gasteiger partial charge in [0.1, 0.15) is 9.40 Å². The van der Waals surface area contributed by atoms with Gasteiger partial charge < -0.3 is 0 Å². The van der Waals surface area contributed by atoms with E-state index in [1.54, 1.807) is 84.6 Å². The third-order valence-electron chi connectivity index (χ3n) is 10.7. The maximum Gasteiger partial charge on any atom is 0.336 e. The zero-order chi connectivity index (χ0) is 45.5. The van der Waals surface area contributed by atoms with E-state index in [0.29, 0.717) is 74.6 Å². The normalized spacial score (nSPS) is 11.1. The molecule has 0 bridgehead atoms. The fourth-order valence-corrected chi connectivity index (χ4v) is 10.3. The Bertz CT molecular complexity index is 3940. The van der Waals surface area contributed by atoms with Crippen LogP contribution in [0.3, 0.4) is 0 Å². The molecule has 0 atom stereocenters. The summed E-state index contributed by atoms with van der Waals surface area (Å²) in [6, 6.07) is 24.3. The van der Waals surface area contributed by atoms with E-state index in [0.717, 1.165) is 19.6 Å². The Morgan fingerprint density at radius 2 is 1.08 bits per heavy atom. The second kappa shape index (κ2) is 17.1. The van der Waals surface area contributed by atoms with Gasteiger partial charge >= 0.3 is 11.4 Å². The predicted molar refractivity (Wildman–Crippen MR) is 249 cm³/mol. The molecule has 2 aromatic carbocycles. The molecule has 0 unspecified atom stereocenters. The van der Waals surface area contributed by atoms with Crippen molar-refractivity contribution in [2.24, 2.45) is 14.1 Å². The summed E-state index contributed by atoms with van der Waals surface area (Å²) in [6.45, 7) is 0.274. The Balaban J connectivity index is 0.000000164. The summed E-state index contributed by atoms with van der Waals surface area (Å²) >= 11 is 8.85. The minimum Gasteiger partial charge on any atom is -0.291 e. The average Bonchev–Trinajstić information content (AvgIpc) is 4.13. The van der Waals surface area contributed by atoms with Crippen LogP contribution in [0, 0.1) is 34.0 Å². The van der Waals surface area contributed by atoms with Gasteiger partial charge in [-0.05, 0) is 24.3 Å². The lowest BCUT2D eigenvalue weighted by Gasteiger charge is -2.12. The zero-order valence-corrected chi connectivity index (χ0v) is 36.6. The van der Waals surface area contributed by atoms with Crippen LogP contribution < -0.4 is 22.5 Å². The van der Waals surface area contributed by atoms with Crippen LogP contribution in [0.1, 0.15) is 18.4 Å². The van der Waals surface area contributed by atoms with Crippen molar-refractivity contribution in [2.75, 3.05) is 0 Å². The van der Waals surface area contributed by atoms with E-state index in [1.807, 2.05) is 24.3 Å². The molecule has 10 rings (SSSR count). The van der Waals surface area contributed by atoms with Crippen molar-refractivity contribution in [1.82, 2.24) is 47.8 Å². The van der Waals surface area contributed by atoms with E-state index >= 15 is 0 Å². The van der Waals surface area contributed by atoms with Gasteiger partial charge in [0.05, 0.1) is 94.8 Å². The van der Waals surface area contributed by atoms with Crippen LogP contribution >= 0.6 is 34.3 Å². The number of aromatic nitrogens is 10. The lowest BCUT2D eigenvalue weighted by atomic mass is 10.1. The quantitative estimate of drug-likeness (QED) is 0.156. The van der Waals surface area contributed by atoms with Crippen molar-refractivity contribution >= 4 is 76.5 Å². The summed E-state index contributed by atoms with van der Waals surface area (Å²) in [5.41, 5.74) is 2.72. The average molecular weight is 916 g/mol.